The molecule has 76 valence electrons. The number of aromatic amines is 1. The van der Waals surface area contributed by atoms with E-state index >= 15 is 0 Å². The number of nitrogens with one attached hydrogen (secondary N) is 1. The molecule has 2 N–H and O–H groups in total. The zero-order valence-corrected chi connectivity index (χ0v) is 8.08. The third kappa shape index (κ3) is 1.46. The molecule has 0 atom stereocenters. The second kappa shape index (κ2) is 3.36. The zero-order chi connectivity index (χ0) is 11.0. The van der Waals surface area contributed by atoms with Gasteiger partial charge in [-0.25, -0.2) is 4.79 Å². The van der Waals surface area contributed by atoms with Gasteiger partial charge in [-0.2, -0.15) is 5.10 Å². The van der Waals surface area contributed by atoms with E-state index in [1.165, 1.54) is 12.1 Å². The van der Waals surface area contributed by atoms with Crippen LogP contribution in [0.15, 0.2) is 12.1 Å². The Balaban J connectivity index is 2.91. The number of carboxylic acid groups (broad SMARTS) is 1. The van der Waals surface area contributed by atoms with E-state index in [0.717, 1.165) is 0 Å². The molecular weight excluding hydrogens is 220 g/mol. The van der Waals surface area contributed by atoms with Crippen molar-refractivity contribution in [3.8, 4) is 0 Å². The summed E-state index contributed by atoms with van der Waals surface area (Å²) in [5.74, 6) is -1.15. The second-order valence-corrected chi connectivity index (χ2v) is 3.34. The lowest BCUT2D eigenvalue weighted by Gasteiger charge is -1.98. The summed E-state index contributed by atoms with van der Waals surface area (Å²) in [6.07, 6.45) is 0.523. The molecule has 5 nitrogen and oxygen atoms in total. The fourth-order valence-corrected chi connectivity index (χ4v) is 1.61. The Kier molecular flexibility index (Phi) is 2.17. The van der Waals surface area contributed by atoms with Crippen LogP contribution < -0.4 is 0 Å². The van der Waals surface area contributed by atoms with Crippen LogP contribution in [0.25, 0.3) is 10.9 Å². The lowest BCUT2D eigenvalue weighted by molar-refractivity contribution is 0.0699. The SMILES string of the molecule is O=Cc1[nH]nc2cc(Cl)cc(C(=O)O)c12. The Labute approximate surface area is 88.7 Å². The van der Waals surface area contributed by atoms with Gasteiger partial charge in [0, 0.05) is 10.4 Å². The van der Waals surface area contributed by atoms with Crippen LogP contribution >= 0.6 is 11.6 Å². The van der Waals surface area contributed by atoms with Crippen molar-refractivity contribution in [2.75, 3.05) is 0 Å². The van der Waals surface area contributed by atoms with Gasteiger partial charge >= 0.3 is 5.97 Å². The number of rotatable bonds is 2. The Morgan fingerprint density at radius 2 is 2.27 bits per heavy atom. The minimum atomic E-state index is -1.15. The van der Waals surface area contributed by atoms with Crippen LogP contribution in [-0.4, -0.2) is 27.6 Å². The van der Waals surface area contributed by atoms with Crippen molar-refractivity contribution < 1.29 is 14.7 Å². The monoisotopic (exact) mass is 224 g/mol. The van der Waals surface area contributed by atoms with E-state index in [0.29, 0.717) is 11.8 Å². The van der Waals surface area contributed by atoms with E-state index in [4.69, 9.17) is 16.7 Å². The summed E-state index contributed by atoms with van der Waals surface area (Å²) >= 11 is 5.71. The van der Waals surface area contributed by atoms with Gasteiger partial charge in [0.1, 0.15) is 5.69 Å². The molecule has 0 aliphatic rings. The minimum Gasteiger partial charge on any atom is -0.478 e. The highest BCUT2D eigenvalue weighted by atomic mass is 35.5. The number of aromatic nitrogens is 2. The molecule has 0 aliphatic heterocycles. The Bertz CT molecular complexity index is 562. The molecule has 0 amide bonds. The predicted octanol–water partition coefficient (Wildman–Crippen LogP) is 1.73. The quantitative estimate of drug-likeness (QED) is 0.761. The molecule has 0 radical (unpaired) electrons. The number of H-pyrrole nitrogens is 1. The van der Waals surface area contributed by atoms with Crippen LogP contribution in [0.3, 0.4) is 0 Å². The lowest BCUT2D eigenvalue weighted by atomic mass is 10.1. The summed E-state index contributed by atoms with van der Waals surface area (Å²) in [7, 11) is 0. The van der Waals surface area contributed by atoms with Crippen molar-refractivity contribution in [2.45, 2.75) is 0 Å². The van der Waals surface area contributed by atoms with Gasteiger partial charge in [-0.3, -0.25) is 9.89 Å². The van der Waals surface area contributed by atoms with Crippen molar-refractivity contribution in [2.24, 2.45) is 0 Å². The van der Waals surface area contributed by atoms with Gasteiger partial charge in [0.2, 0.25) is 0 Å². The van der Waals surface area contributed by atoms with Gasteiger partial charge in [-0.15, -0.1) is 0 Å². The van der Waals surface area contributed by atoms with Gasteiger partial charge in [0.25, 0.3) is 0 Å². The number of fused-ring (bicyclic) bond motifs is 1. The third-order valence-corrected chi connectivity index (χ3v) is 2.21. The number of benzene rings is 1. The molecule has 2 aromatic rings. The molecule has 0 saturated carbocycles. The molecule has 0 spiro atoms. The van der Waals surface area contributed by atoms with Crippen LogP contribution in [0.2, 0.25) is 5.02 Å². The largest absolute Gasteiger partial charge is 0.478 e. The zero-order valence-electron chi connectivity index (χ0n) is 7.32. The average molecular weight is 225 g/mol. The number of hydrogen-bond donors (Lipinski definition) is 2. The van der Waals surface area contributed by atoms with E-state index in [1.807, 2.05) is 0 Å². The molecule has 6 heteroatoms. The lowest BCUT2D eigenvalue weighted by Crippen LogP contribution is -1.98. The number of halogens is 1. The van der Waals surface area contributed by atoms with Gasteiger partial charge < -0.3 is 5.11 Å². The maximum absolute atomic E-state index is 10.9. The van der Waals surface area contributed by atoms with Gasteiger partial charge in [0.05, 0.1) is 11.1 Å². The maximum atomic E-state index is 10.9. The smallest absolute Gasteiger partial charge is 0.336 e. The summed E-state index contributed by atoms with van der Waals surface area (Å²) < 4.78 is 0. The number of hydrogen-bond acceptors (Lipinski definition) is 3. The minimum absolute atomic E-state index is 0.0339. The standard InChI is InChI=1S/C9H5ClN2O3/c10-4-1-5(9(14)15)8-6(2-4)11-12-7(8)3-13/h1-3H,(H,11,12)(H,14,15). The number of carboxylic acids is 1. The molecule has 1 aromatic heterocycles. The van der Waals surface area contributed by atoms with Crippen LogP contribution in [0, 0.1) is 0 Å². The summed E-state index contributed by atoms with van der Waals surface area (Å²) in [5.41, 5.74) is 0.467. The van der Waals surface area contributed by atoms with E-state index in [9.17, 15) is 9.59 Å². The maximum Gasteiger partial charge on any atom is 0.336 e. The van der Waals surface area contributed by atoms with Gasteiger partial charge in [-0.05, 0) is 12.1 Å². The Morgan fingerprint density at radius 3 is 2.87 bits per heavy atom. The summed E-state index contributed by atoms with van der Waals surface area (Å²) in [4.78, 5) is 21.6. The normalized spacial score (nSPS) is 10.5. The molecule has 0 unspecified atom stereocenters. The van der Waals surface area contributed by atoms with Crippen LogP contribution in [-0.2, 0) is 0 Å². The highest BCUT2D eigenvalue weighted by molar-refractivity contribution is 6.32. The number of aldehydes is 1. The van der Waals surface area contributed by atoms with E-state index < -0.39 is 5.97 Å². The van der Waals surface area contributed by atoms with E-state index in [-0.39, 0.29) is 21.7 Å². The van der Waals surface area contributed by atoms with Crippen molar-refractivity contribution in [1.29, 1.82) is 0 Å². The molecule has 0 fully saturated rings. The molecule has 0 aliphatic carbocycles. The highest BCUT2D eigenvalue weighted by Crippen LogP contribution is 2.24. The fourth-order valence-electron chi connectivity index (χ4n) is 1.39. The van der Waals surface area contributed by atoms with Crippen molar-refractivity contribution in [3.63, 3.8) is 0 Å². The topological polar surface area (TPSA) is 83.0 Å². The Morgan fingerprint density at radius 1 is 1.53 bits per heavy atom. The summed E-state index contributed by atoms with van der Waals surface area (Å²) in [5, 5.41) is 15.7. The number of nitrogens with zero attached hydrogens (tertiary/aromatic N) is 1. The van der Waals surface area contributed by atoms with Crippen LogP contribution in [0.1, 0.15) is 20.8 Å². The number of aromatic carboxylic acids is 1. The molecule has 0 saturated heterocycles. The Hall–Kier alpha value is -1.88. The average Bonchev–Trinajstić information content (AvgIpc) is 2.58. The first kappa shape index (κ1) is 9.67. The summed E-state index contributed by atoms with van der Waals surface area (Å²) in [6, 6.07) is 2.78. The van der Waals surface area contributed by atoms with Crippen LogP contribution in [0.4, 0.5) is 0 Å². The molecular formula is C9H5ClN2O3. The first-order valence-electron chi connectivity index (χ1n) is 3.99. The first-order valence-corrected chi connectivity index (χ1v) is 4.37. The van der Waals surface area contributed by atoms with Crippen molar-refractivity contribution in [3.05, 3.63) is 28.4 Å². The highest BCUT2D eigenvalue weighted by Gasteiger charge is 2.15. The number of carbonyl (C=O) groups excluding carboxylic acids is 1. The molecule has 1 aromatic carbocycles. The van der Waals surface area contributed by atoms with Gasteiger partial charge in [0.15, 0.2) is 6.29 Å². The fraction of sp³-hybridized carbons (Fsp3) is 0. The molecule has 15 heavy (non-hydrogen) atoms. The van der Waals surface area contributed by atoms with Crippen molar-refractivity contribution in [1.82, 2.24) is 10.2 Å². The number of carbonyl (C=O) groups is 2. The molecule has 0 bridgehead atoms. The second-order valence-electron chi connectivity index (χ2n) is 2.91. The van der Waals surface area contributed by atoms with E-state index in [2.05, 4.69) is 10.2 Å². The summed E-state index contributed by atoms with van der Waals surface area (Å²) in [6.45, 7) is 0. The first-order chi connectivity index (χ1) is 7.13. The van der Waals surface area contributed by atoms with Gasteiger partial charge in [-0.1, -0.05) is 11.6 Å². The van der Waals surface area contributed by atoms with Crippen molar-refractivity contribution >= 4 is 34.8 Å². The third-order valence-electron chi connectivity index (χ3n) is 2.00. The van der Waals surface area contributed by atoms with E-state index in [1.54, 1.807) is 0 Å². The van der Waals surface area contributed by atoms with Crippen LogP contribution in [0.5, 0.6) is 0 Å². The predicted molar refractivity (Wildman–Crippen MR) is 53.5 cm³/mol. The molecule has 1 heterocycles. The molecule has 2 rings (SSSR count).